The molecule has 1 aromatic rings. The quantitative estimate of drug-likeness (QED) is 0.893. The highest BCUT2D eigenvalue weighted by Gasteiger charge is 2.21. The Bertz CT molecular complexity index is 383. The Morgan fingerprint density at radius 2 is 1.95 bits per heavy atom. The van der Waals surface area contributed by atoms with Crippen molar-refractivity contribution in [3.63, 3.8) is 0 Å². The molecule has 1 N–H and O–H groups in total. The van der Waals surface area contributed by atoms with Crippen LogP contribution < -0.4 is 5.32 Å². The second-order valence-electron chi connectivity index (χ2n) is 6.33. The average Bonchev–Trinajstić information content (AvgIpc) is 2.40. The van der Waals surface area contributed by atoms with Gasteiger partial charge in [0.25, 0.3) is 0 Å². The van der Waals surface area contributed by atoms with E-state index < -0.39 is 0 Å². The number of benzene rings is 1. The van der Waals surface area contributed by atoms with E-state index in [0.717, 1.165) is 6.54 Å². The van der Waals surface area contributed by atoms with Gasteiger partial charge in [0, 0.05) is 18.6 Å². The molecular weight excluding hydrogens is 232 g/mol. The number of nitrogens with one attached hydrogen (secondary N) is 1. The van der Waals surface area contributed by atoms with E-state index in [1.165, 1.54) is 30.5 Å². The van der Waals surface area contributed by atoms with Gasteiger partial charge in [0.1, 0.15) is 0 Å². The highest BCUT2D eigenvalue weighted by molar-refractivity contribution is 5.24. The Hall–Kier alpha value is -0.860. The van der Waals surface area contributed by atoms with Crippen LogP contribution in [-0.4, -0.2) is 30.6 Å². The average molecular weight is 260 g/mol. The van der Waals surface area contributed by atoms with E-state index in [9.17, 15) is 0 Å². The molecule has 0 bridgehead atoms. The molecule has 0 aromatic heterocycles. The second kappa shape index (κ2) is 6.53. The standard InChI is InChI=1S/C17H28N2/c1-13(2)16-7-5-15(6-8-16)12-18-17-9-10-19(4)14(3)11-17/h5-8,13-14,17-18H,9-12H2,1-4H3. The Balaban J connectivity index is 1.82. The molecule has 2 atom stereocenters. The largest absolute Gasteiger partial charge is 0.310 e. The molecule has 2 unspecified atom stereocenters. The van der Waals surface area contributed by atoms with Crippen LogP contribution in [0.3, 0.4) is 0 Å². The molecule has 1 aliphatic rings. The maximum Gasteiger partial charge on any atom is 0.0208 e. The van der Waals surface area contributed by atoms with Crippen molar-refractivity contribution < 1.29 is 0 Å². The van der Waals surface area contributed by atoms with Crippen LogP contribution in [0.2, 0.25) is 0 Å². The van der Waals surface area contributed by atoms with E-state index in [2.05, 4.69) is 62.3 Å². The molecule has 19 heavy (non-hydrogen) atoms. The first kappa shape index (κ1) is 14.5. The smallest absolute Gasteiger partial charge is 0.0208 e. The summed E-state index contributed by atoms with van der Waals surface area (Å²) >= 11 is 0. The van der Waals surface area contributed by atoms with Gasteiger partial charge in [-0.15, -0.1) is 0 Å². The number of hydrogen-bond donors (Lipinski definition) is 1. The molecule has 2 heteroatoms. The van der Waals surface area contributed by atoms with Crippen LogP contribution in [0.25, 0.3) is 0 Å². The van der Waals surface area contributed by atoms with Crippen molar-refractivity contribution in [2.24, 2.45) is 0 Å². The molecule has 1 fully saturated rings. The zero-order valence-electron chi connectivity index (χ0n) is 12.8. The molecule has 0 radical (unpaired) electrons. The fourth-order valence-corrected chi connectivity index (χ4v) is 2.76. The van der Waals surface area contributed by atoms with Crippen LogP contribution in [0.5, 0.6) is 0 Å². The summed E-state index contributed by atoms with van der Waals surface area (Å²) in [5.74, 6) is 0.622. The summed E-state index contributed by atoms with van der Waals surface area (Å²) in [6.07, 6.45) is 2.53. The number of hydrogen-bond acceptors (Lipinski definition) is 2. The van der Waals surface area contributed by atoms with E-state index in [1.807, 2.05) is 0 Å². The summed E-state index contributed by atoms with van der Waals surface area (Å²) < 4.78 is 0. The summed E-state index contributed by atoms with van der Waals surface area (Å²) in [6.45, 7) is 9.02. The number of nitrogens with zero attached hydrogens (tertiary/aromatic N) is 1. The van der Waals surface area contributed by atoms with Crippen molar-refractivity contribution in [2.75, 3.05) is 13.6 Å². The van der Waals surface area contributed by atoms with Gasteiger partial charge in [0.05, 0.1) is 0 Å². The molecule has 1 aliphatic heterocycles. The molecule has 0 spiro atoms. The van der Waals surface area contributed by atoms with E-state index in [1.54, 1.807) is 0 Å². The second-order valence-corrected chi connectivity index (χ2v) is 6.33. The third kappa shape index (κ3) is 4.05. The summed E-state index contributed by atoms with van der Waals surface area (Å²) in [4.78, 5) is 2.45. The molecule has 2 rings (SSSR count). The molecule has 2 nitrogen and oxygen atoms in total. The third-order valence-corrected chi connectivity index (χ3v) is 4.45. The van der Waals surface area contributed by atoms with Crippen LogP contribution >= 0.6 is 0 Å². The minimum absolute atomic E-state index is 0.622. The minimum Gasteiger partial charge on any atom is -0.310 e. The zero-order valence-corrected chi connectivity index (χ0v) is 12.8. The van der Waals surface area contributed by atoms with Gasteiger partial charge in [-0.2, -0.15) is 0 Å². The van der Waals surface area contributed by atoms with E-state index in [-0.39, 0.29) is 0 Å². The molecule has 0 aliphatic carbocycles. The van der Waals surface area contributed by atoms with Gasteiger partial charge in [-0.1, -0.05) is 38.1 Å². The molecule has 1 heterocycles. The summed E-state index contributed by atoms with van der Waals surface area (Å²) in [5.41, 5.74) is 2.83. The highest BCUT2D eigenvalue weighted by Crippen LogP contribution is 2.17. The molecule has 1 saturated heterocycles. The zero-order chi connectivity index (χ0) is 13.8. The van der Waals surface area contributed by atoms with Gasteiger partial charge in [-0.05, 0) is 50.4 Å². The first-order valence-electron chi connectivity index (χ1n) is 7.58. The Morgan fingerprint density at radius 3 is 2.53 bits per heavy atom. The van der Waals surface area contributed by atoms with Crippen molar-refractivity contribution >= 4 is 0 Å². The predicted molar refractivity (Wildman–Crippen MR) is 82.5 cm³/mol. The van der Waals surface area contributed by atoms with Gasteiger partial charge in [0.15, 0.2) is 0 Å². The van der Waals surface area contributed by atoms with Crippen molar-refractivity contribution in [3.8, 4) is 0 Å². The lowest BCUT2D eigenvalue weighted by molar-refractivity contribution is 0.168. The summed E-state index contributed by atoms with van der Waals surface area (Å²) in [6, 6.07) is 10.4. The Kier molecular flexibility index (Phi) is 5.00. The molecule has 1 aromatic carbocycles. The minimum atomic E-state index is 0.622. The number of likely N-dealkylation sites (tertiary alicyclic amines) is 1. The lowest BCUT2D eigenvalue weighted by Gasteiger charge is -2.35. The number of piperidine rings is 1. The van der Waals surface area contributed by atoms with Crippen LogP contribution in [-0.2, 0) is 6.54 Å². The van der Waals surface area contributed by atoms with Crippen LogP contribution in [0.15, 0.2) is 24.3 Å². The van der Waals surface area contributed by atoms with Gasteiger partial charge >= 0.3 is 0 Å². The van der Waals surface area contributed by atoms with Crippen LogP contribution in [0.1, 0.15) is 50.7 Å². The lowest BCUT2D eigenvalue weighted by atomic mass is 9.98. The van der Waals surface area contributed by atoms with Crippen LogP contribution in [0.4, 0.5) is 0 Å². The Morgan fingerprint density at radius 1 is 1.26 bits per heavy atom. The SMILES string of the molecule is CC(C)c1ccc(CNC2CCN(C)C(C)C2)cc1. The molecule has 0 amide bonds. The van der Waals surface area contributed by atoms with Crippen molar-refractivity contribution in [2.45, 2.75) is 58.2 Å². The first-order valence-corrected chi connectivity index (χ1v) is 7.58. The van der Waals surface area contributed by atoms with Gasteiger partial charge in [-0.25, -0.2) is 0 Å². The van der Waals surface area contributed by atoms with Crippen molar-refractivity contribution in [1.82, 2.24) is 10.2 Å². The third-order valence-electron chi connectivity index (χ3n) is 4.45. The maximum absolute atomic E-state index is 3.71. The summed E-state index contributed by atoms with van der Waals surface area (Å²) in [5, 5.41) is 3.71. The molecule has 0 saturated carbocycles. The van der Waals surface area contributed by atoms with E-state index in [4.69, 9.17) is 0 Å². The van der Waals surface area contributed by atoms with Gasteiger partial charge < -0.3 is 10.2 Å². The van der Waals surface area contributed by atoms with Crippen molar-refractivity contribution in [3.05, 3.63) is 35.4 Å². The highest BCUT2D eigenvalue weighted by atomic mass is 15.1. The monoisotopic (exact) mass is 260 g/mol. The van der Waals surface area contributed by atoms with Crippen molar-refractivity contribution in [1.29, 1.82) is 0 Å². The van der Waals surface area contributed by atoms with E-state index in [0.29, 0.717) is 18.0 Å². The topological polar surface area (TPSA) is 15.3 Å². The predicted octanol–water partition coefficient (Wildman–Crippen LogP) is 3.38. The lowest BCUT2D eigenvalue weighted by Crippen LogP contribution is -2.45. The summed E-state index contributed by atoms with van der Waals surface area (Å²) in [7, 11) is 2.23. The van der Waals surface area contributed by atoms with Gasteiger partial charge in [-0.3, -0.25) is 0 Å². The molecule has 106 valence electrons. The molecular formula is C17H28N2. The van der Waals surface area contributed by atoms with E-state index >= 15 is 0 Å². The fourth-order valence-electron chi connectivity index (χ4n) is 2.76. The maximum atomic E-state index is 3.71. The normalized spacial score (nSPS) is 24.9. The fraction of sp³-hybridized carbons (Fsp3) is 0.647. The number of rotatable bonds is 4. The first-order chi connectivity index (χ1) is 9.06. The van der Waals surface area contributed by atoms with Crippen LogP contribution in [0, 0.1) is 0 Å². The van der Waals surface area contributed by atoms with Gasteiger partial charge in [0.2, 0.25) is 0 Å². The Labute approximate surface area is 118 Å².